The first-order chi connectivity index (χ1) is 10.6. The Morgan fingerprint density at radius 2 is 1.59 bits per heavy atom. The van der Waals surface area contributed by atoms with E-state index >= 15 is 0 Å². The van der Waals surface area contributed by atoms with Gasteiger partial charge in [0.25, 0.3) is 0 Å². The van der Waals surface area contributed by atoms with Crippen LogP contribution in [0.3, 0.4) is 0 Å². The quantitative estimate of drug-likeness (QED) is 0.413. The number of hydrogen-bond donors (Lipinski definition) is 0. The Kier molecular flexibility index (Phi) is 5.77. The minimum Gasteiger partial charge on any atom is -0.0856 e. The van der Waals surface area contributed by atoms with E-state index < -0.39 is 0 Å². The van der Waals surface area contributed by atoms with Gasteiger partial charge >= 0.3 is 0 Å². The van der Waals surface area contributed by atoms with Gasteiger partial charge in [-0.2, -0.15) is 0 Å². The van der Waals surface area contributed by atoms with E-state index in [1.165, 1.54) is 33.1 Å². The molecule has 0 aromatic heterocycles. The Hall–Kier alpha value is -2.08. The Morgan fingerprint density at radius 1 is 0.864 bits per heavy atom. The van der Waals surface area contributed by atoms with Crippen LogP contribution in [0.25, 0.3) is 16.3 Å². The van der Waals surface area contributed by atoms with Crippen LogP contribution in [0, 0.1) is 0 Å². The maximum atomic E-state index is 2.30. The van der Waals surface area contributed by atoms with E-state index in [-0.39, 0.29) is 0 Å². The minimum absolute atomic E-state index is 1.13. The molecule has 0 fully saturated rings. The molecule has 2 aromatic carbocycles. The summed E-state index contributed by atoms with van der Waals surface area (Å²) >= 11 is 0. The van der Waals surface area contributed by atoms with Crippen LogP contribution < -0.4 is 0 Å². The van der Waals surface area contributed by atoms with Crippen molar-refractivity contribution in [1.29, 1.82) is 0 Å². The maximum Gasteiger partial charge on any atom is -0.0178 e. The first-order valence-electron chi connectivity index (χ1n) is 8.03. The van der Waals surface area contributed by atoms with Crippen molar-refractivity contribution < 1.29 is 0 Å². The van der Waals surface area contributed by atoms with Gasteiger partial charge in [0.05, 0.1) is 0 Å². The molecule has 114 valence electrons. The number of hydrogen-bond acceptors (Lipinski definition) is 0. The molecule has 0 nitrogen and oxygen atoms in total. The lowest BCUT2D eigenvalue weighted by atomic mass is 10.0. The largest absolute Gasteiger partial charge is 0.0856 e. The molecule has 2 aromatic rings. The van der Waals surface area contributed by atoms with E-state index in [9.17, 15) is 0 Å². The zero-order chi connectivity index (χ0) is 15.9. The van der Waals surface area contributed by atoms with Gasteiger partial charge in [0, 0.05) is 0 Å². The molecule has 0 heteroatoms. The molecule has 0 aliphatic heterocycles. The molecule has 0 radical (unpaired) electrons. The van der Waals surface area contributed by atoms with Crippen LogP contribution in [0.15, 0.2) is 71.8 Å². The summed E-state index contributed by atoms with van der Waals surface area (Å²) in [5, 5.41) is 2.60. The highest BCUT2D eigenvalue weighted by atomic mass is 14.0. The number of fused-ring (bicyclic) bond motifs is 1. The highest BCUT2D eigenvalue weighted by Gasteiger charge is 1.97. The van der Waals surface area contributed by atoms with Gasteiger partial charge in [-0.15, -0.1) is 0 Å². The van der Waals surface area contributed by atoms with Gasteiger partial charge in [0.1, 0.15) is 0 Å². The first-order valence-corrected chi connectivity index (χ1v) is 8.03. The summed E-state index contributed by atoms with van der Waals surface area (Å²) in [6, 6.07) is 15.2. The standard InChI is InChI=1S/C22H26/c1-17(2)8-7-9-18(3)12-13-19(4)21-15-14-20-10-5-6-11-22(20)16-21/h5-6,8,10-16H,7,9H2,1-4H3/b18-12+,19-13-. The Balaban J connectivity index is 2.11. The van der Waals surface area contributed by atoms with Crippen LogP contribution >= 0.6 is 0 Å². The highest BCUT2D eigenvalue weighted by Crippen LogP contribution is 2.21. The molecule has 0 spiro atoms. The summed E-state index contributed by atoms with van der Waals surface area (Å²) in [5.74, 6) is 0. The van der Waals surface area contributed by atoms with E-state index in [2.05, 4.69) is 88.4 Å². The third-order valence-corrected chi connectivity index (χ3v) is 3.91. The van der Waals surface area contributed by atoms with Crippen LogP contribution in [0.2, 0.25) is 0 Å². The van der Waals surface area contributed by atoms with Crippen LogP contribution in [0.4, 0.5) is 0 Å². The SMILES string of the molecule is CC(C)=CCC/C(C)=C/C=C(/C)c1ccc2ccccc2c1. The van der Waals surface area contributed by atoms with Gasteiger partial charge in [-0.3, -0.25) is 0 Å². The monoisotopic (exact) mass is 290 g/mol. The predicted molar refractivity (Wildman–Crippen MR) is 100 cm³/mol. The zero-order valence-corrected chi connectivity index (χ0v) is 14.2. The molecular weight excluding hydrogens is 264 g/mol. The number of benzene rings is 2. The highest BCUT2D eigenvalue weighted by molar-refractivity contribution is 5.86. The third-order valence-electron chi connectivity index (χ3n) is 3.91. The van der Waals surface area contributed by atoms with Crippen molar-refractivity contribution in [3.8, 4) is 0 Å². The van der Waals surface area contributed by atoms with Crippen LogP contribution in [-0.4, -0.2) is 0 Å². The minimum atomic E-state index is 1.13. The second-order valence-corrected chi connectivity index (χ2v) is 6.24. The van der Waals surface area contributed by atoms with E-state index in [0.29, 0.717) is 0 Å². The fraction of sp³-hybridized carbons (Fsp3) is 0.273. The normalized spacial score (nSPS) is 12.5. The van der Waals surface area contributed by atoms with Crippen molar-refractivity contribution >= 4 is 16.3 Å². The Morgan fingerprint density at radius 3 is 2.32 bits per heavy atom. The van der Waals surface area contributed by atoms with Crippen molar-refractivity contribution in [3.05, 3.63) is 77.4 Å². The molecule has 0 saturated heterocycles. The summed E-state index contributed by atoms with van der Waals surface area (Å²) in [6.07, 6.45) is 9.06. The smallest absolute Gasteiger partial charge is 0.0178 e. The third kappa shape index (κ3) is 4.73. The molecule has 0 bridgehead atoms. The molecule has 0 unspecified atom stereocenters. The molecule has 0 N–H and O–H groups in total. The Labute approximate surface area is 134 Å². The van der Waals surface area contributed by atoms with Crippen molar-refractivity contribution in [1.82, 2.24) is 0 Å². The average Bonchev–Trinajstić information content (AvgIpc) is 2.51. The van der Waals surface area contributed by atoms with E-state index in [1.54, 1.807) is 0 Å². The van der Waals surface area contributed by atoms with Crippen molar-refractivity contribution in [3.63, 3.8) is 0 Å². The van der Waals surface area contributed by atoms with E-state index in [4.69, 9.17) is 0 Å². The van der Waals surface area contributed by atoms with Gasteiger partial charge in [-0.25, -0.2) is 0 Å². The molecule has 2 rings (SSSR count). The lowest BCUT2D eigenvalue weighted by Gasteiger charge is -2.04. The van der Waals surface area contributed by atoms with Gasteiger partial charge in [0.2, 0.25) is 0 Å². The van der Waals surface area contributed by atoms with Gasteiger partial charge in [0.15, 0.2) is 0 Å². The lowest BCUT2D eigenvalue weighted by molar-refractivity contribution is 0.967. The average molecular weight is 290 g/mol. The van der Waals surface area contributed by atoms with E-state index in [0.717, 1.165) is 12.8 Å². The molecule has 22 heavy (non-hydrogen) atoms. The fourth-order valence-electron chi connectivity index (χ4n) is 2.47. The second-order valence-electron chi connectivity index (χ2n) is 6.24. The predicted octanol–water partition coefficient (Wildman–Crippen LogP) is 6.94. The Bertz CT molecular complexity index is 723. The first kappa shape index (κ1) is 16.3. The molecule has 0 aliphatic carbocycles. The van der Waals surface area contributed by atoms with Gasteiger partial charge < -0.3 is 0 Å². The van der Waals surface area contributed by atoms with E-state index in [1.807, 2.05) is 0 Å². The summed E-state index contributed by atoms with van der Waals surface area (Å²) < 4.78 is 0. The number of rotatable bonds is 5. The second kappa shape index (κ2) is 7.79. The summed E-state index contributed by atoms with van der Waals surface area (Å²) in [5.41, 5.74) is 5.44. The van der Waals surface area contributed by atoms with Crippen molar-refractivity contribution in [2.24, 2.45) is 0 Å². The topological polar surface area (TPSA) is 0 Å². The zero-order valence-electron chi connectivity index (χ0n) is 14.2. The molecular formula is C22H26. The molecule has 0 heterocycles. The van der Waals surface area contributed by atoms with Gasteiger partial charge in [-0.05, 0) is 68.5 Å². The maximum absolute atomic E-state index is 2.30. The number of allylic oxidation sites excluding steroid dienone is 6. The van der Waals surface area contributed by atoms with Gasteiger partial charge in [-0.1, -0.05) is 65.8 Å². The molecule has 0 amide bonds. The summed E-state index contributed by atoms with van der Waals surface area (Å²) in [4.78, 5) is 0. The fourth-order valence-corrected chi connectivity index (χ4v) is 2.47. The van der Waals surface area contributed by atoms with Crippen LogP contribution in [-0.2, 0) is 0 Å². The molecule has 0 saturated carbocycles. The van der Waals surface area contributed by atoms with Crippen LogP contribution in [0.1, 0.15) is 46.1 Å². The summed E-state index contributed by atoms with van der Waals surface area (Å²) in [7, 11) is 0. The summed E-state index contributed by atoms with van der Waals surface area (Å²) in [6.45, 7) is 8.71. The lowest BCUT2D eigenvalue weighted by Crippen LogP contribution is -1.81. The van der Waals surface area contributed by atoms with Crippen molar-refractivity contribution in [2.45, 2.75) is 40.5 Å². The van der Waals surface area contributed by atoms with Crippen molar-refractivity contribution in [2.75, 3.05) is 0 Å². The molecule has 0 aliphatic rings. The molecule has 0 atom stereocenters. The van der Waals surface area contributed by atoms with Crippen LogP contribution in [0.5, 0.6) is 0 Å².